The molecule has 1 fully saturated rings. The molecule has 0 aliphatic heterocycles. The van der Waals surface area contributed by atoms with Gasteiger partial charge in [-0.1, -0.05) is 38.3 Å². The zero-order valence-corrected chi connectivity index (χ0v) is 16.3. The summed E-state index contributed by atoms with van der Waals surface area (Å²) in [7, 11) is 0. The van der Waals surface area contributed by atoms with Crippen LogP contribution in [0, 0.1) is 11.8 Å². The normalized spacial score (nSPS) is 29.8. The van der Waals surface area contributed by atoms with Crippen molar-refractivity contribution in [1.82, 2.24) is 0 Å². The minimum atomic E-state index is -0.232. The Hall–Kier alpha value is -1.00. The molecule has 4 heteroatoms. The van der Waals surface area contributed by atoms with Crippen LogP contribution in [-0.4, -0.2) is 10.2 Å². The van der Waals surface area contributed by atoms with E-state index in [1.807, 2.05) is 12.1 Å². The van der Waals surface area contributed by atoms with E-state index in [4.69, 9.17) is 0 Å². The lowest BCUT2D eigenvalue weighted by Gasteiger charge is -2.43. The minimum absolute atomic E-state index is 0.232. The second-order valence-electron chi connectivity index (χ2n) is 7.44. The van der Waals surface area contributed by atoms with Gasteiger partial charge in [0.25, 0.3) is 0 Å². The van der Waals surface area contributed by atoms with Crippen molar-refractivity contribution >= 4 is 31.9 Å². The van der Waals surface area contributed by atoms with Crippen LogP contribution in [0.2, 0.25) is 0 Å². The van der Waals surface area contributed by atoms with E-state index in [1.165, 1.54) is 17.5 Å². The predicted octanol–water partition coefficient (Wildman–Crippen LogP) is 5.44. The van der Waals surface area contributed by atoms with Gasteiger partial charge in [-0.05, 0) is 72.9 Å². The highest BCUT2D eigenvalue weighted by Crippen LogP contribution is 2.67. The number of halogens is 2. The summed E-state index contributed by atoms with van der Waals surface area (Å²) in [4.78, 5) is 0. The SMILES string of the molecule is Oc1ccc(Br)c2c1C13c4c(O)ccc(Br)c4C[C@H]1CCC[C@@H]3C2. The molecule has 2 aromatic rings. The van der Waals surface area contributed by atoms with Gasteiger partial charge in [0.1, 0.15) is 11.5 Å². The first-order valence-electron chi connectivity index (χ1n) is 8.56. The molecular formula is C20H18Br2O2. The Morgan fingerprint density at radius 1 is 0.792 bits per heavy atom. The van der Waals surface area contributed by atoms with Gasteiger partial charge >= 0.3 is 0 Å². The quantitative estimate of drug-likeness (QED) is 0.562. The lowest BCUT2D eigenvalue weighted by molar-refractivity contribution is 0.170. The van der Waals surface area contributed by atoms with Gasteiger partial charge in [0, 0.05) is 25.5 Å². The van der Waals surface area contributed by atoms with Crippen molar-refractivity contribution in [3.63, 3.8) is 0 Å². The molecule has 124 valence electrons. The van der Waals surface area contributed by atoms with Crippen LogP contribution in [0.15, 0.2) is 33.2 Å². The van der Waals surface area contributed by atoms with Crippen LogP contribution in [0.3, 0.4) is 0 Å². The molecule has 0 unspecified atom stereocenters. The molecule has 0 aromatic heterocycles. The van der Waals surface area contributed by atoms with Crippen LogP contribution >= 0.6 is 31.9 Å². The number of benzene rings is 2. The van der Waals surface area contributed by atoms with Gasteiger partial charge in [-0.3, -0.25) is 0 Å². The first kappa shape index (κ1) is 15.3. The van der Waals surface area contributed by atoms with Gasteiger partial charge in [0.15, 0.2) is 0 Å². The lowest BCUT2D eigenvalue weighted by atomic mass is 9.59. The van der Waals surface area contributed by atoms with Crippen LogP contribution < -0.4 is 0 Å². The molecular weight excluding hydrogens is 432 g/mol. The molecule has 2 N–H and O–H groups in total. The maximum atomic E-state index is 10.8. The molecule has 24 heavy (non-hydrogen) atoms. The highest BCUT2D eigenvalue weighted by Gasteiger charge is 2.60. The number of rotatable bonds is 0. The molecule has 0 bridgehead atoms. The van der Waals surface area contributed by atoms with Crippen LogP contribution in [0.4, 0.5) is 0 Å². The Morgan fingerprint density at radius 2 is 1.25 bits per heavy atom. The molecule has 3 aliphatic carbocycles. The van der Waals surface area contributed by atoms with Crippen molar-refractivity contribution in [1.29, 1.82) is 0 Å². The topological polar surface area (TPSA) is 40.5 Å². The van der Waals surface area contributed by atoms with Crippen molar-refractivity contribution < 1.29 is 10.2 Å². The second kappa shape index (κ2) is 5.01. The Balaban J connectivity index is 1.91. The van der Waals surface area contributed by atoms with E-state index < -0.39 is 0 Å². The molecule has 2 aromatic carbocycles. The van der Waals surface area contributed by atoms with Gasteiger partial charge in [-0.2, -0.15) is 0 Å². The molecule has 2 nitrogen and oxygen atoms in total. The maximum Gasteiger partial charge on any atom is 0.120 e. The smallest absolute Gasteiger partial charge is 0.120 e. The molecule has 1 saturated carbocycles. The fourth-order valence-electron chi connectivity index (χ4n) is 5.90. The van der Waals surface area contributed by atoms with Crippen LogP contribution in [0.25, 0.3) is 0 Å². The van der Waals surface area contributed by atoms with Crippen LogP contribution in [0.5, 0.6) is 11.5 Å². The highest BCUT2D eigenvalue weighted by atomic mass is 79.9. The minimum Gasteiger partial charge on any atom is -0.508 e. The second-order valence-corrected chi connectivity index (χ2v) is 9.15. The first-order chi connectivity index (χ1) is 11.5. The standard InChI is InChI=1S/C20H18Br2O2/c21-14-4-6-16(23)18-12(14)8-10-2-1-3-11-9-13-15(22)5-7-17(24)19(13)20(10,11)18/h4-7,10-11,23-24H,1-3,8-9H2/t10-,11-,20?/m1/s1. The van der Waals surface area contributed by atoms with E-state index in [0.29, 0.717) is 23.3 Å². The molecule has 1 spiro atoms. The average Bonchev–Trinajstić information content (AvgIpc) is 3.10. The summed E-state index contributed by atoms with van der Waals surface area (Å²) < 4.78 is 2.17. The van der Waals surface area contributed by atoms with Crippen molar-refractivity contribution in [3.8, 4) is 11.5 Å². The van der Waals surface area contributed by atoms with Crippen molar-refractivity contribution in [3.05, 3.63) is 55.5 Å². The molecule has 2 atom stereocenters. The Bertz CT molecular complexity index is 803. The van der Waals surface area contributed by atoms with Crippen LogP contribution in [-0.2, 0) is 18.3 Å². The summed E-state index contributed by atoms with van der Waals surface area (Å²) >= 11 is 7.40. The number of hydrogen-bond donors (Lipinski definition) is 2. The average molecular weight is 450 g/mol. The predicted molar refractivity (Wildman–Crippen MR) is 101 cm³/mol. The molecule has 0 heterocycles. The Morgan fingerprint density at radius 3 is 1.71 bits per heavy atom. The van der Waals surface area contributed by atoms with Gasteiger partial charge in [0.2, 0.25) is 0 Å². The molecule has 5 rings (SSSR count). The Kier molecular flexibility index (Phi) is 3.19. The fraction of sp³-hybridized carbons (Fsp3) is 0.400. The van der Waals surface area contributed by atoms with Gasteiger partial charge < -0.3 is 10.2 Å². The van der Waals surface area contributed by atoms with Gasteiger partial charge in [-0.15, -0.1) is 0 Å². The largest absolute Gasteiger partial charge is 0.508 e. The lowest BCUT2D eigenvalue weighted by Crippen LogP contribution is -2.41. The third-order valence-corrected chi connectivity index (χ3v) is 8.07. The zero-order chi connectivity index (χ0) is 16.6. The number of hydrogen-bond acceptors (Lipinski definition) is 2. The summed E-state index contributed by atoms with van der Waals surface area (Å²) in [5, 5.41) is 21.6. The Labute approximate surface area is 158 Å². The third-order valence-electron chi connectivity index (χ3n) is 6.59. The third kappa shape index (κ3) is 1.67. The zero-order valence-electron chi connectivity index (χ0n) is 13.1. The van der Waals surface area contributed by atoms with Gasteiger partial charge in [-0.25, -0.2) is 0 Å². The van der Waals surface area contributed by atoms with Gasteiger partial charge in [0.05, 0.1) is 0 Å². The summed E-state index contributed by atoms with van der Waals surface area (Å²) in [5.74, 6) is 1.68. The number of fused-ring (bicyclic) bond motifs is 2. The van der Waals surface area contributed by atoms with E-state index in [-0.39, 0.29) is 5.41 Å². The number of phenols is 2. The maximum absolute atomic E-state index is 10.8. The molecule has 0 saturated heterocycles. The molecule has 3 aliphatic rings. The number of aromatic hydroxyl groups is 2. The van der Waals surface area contributed by atoms with E-state index in [9.17, 15) is 10.2 Å². The van der Waals surface area contributed by atoms with Crippen LogP contribution in [0.1, 0.15) is 41.5 Å². The fourth-order valence-corrected chi connectivity index (χ4v) is 6.89. The van der Waals surface area contributed by atoms with Crippen molar-refractivity contribution in [2.75, 3.05) is 0 Å². The molecule has 0 radical (unpaired) electrons. The molecule has 0 amide bonds. The van der Waals surface area contributed by atoms with E-state index >= 15 is 0 Å². The summed E-state index contributed by atoms with van der Waals surface area (Å²) in [6.07, 6.45) is 5.50. The summed E-state index contributed by atoms with van der Waals surface area (Å²) in [6, 6.07) is 7.51. The van der Waals surface area contributed by atoms with E-state index in [0.717, 1.165) is 45.8 Å². The monoisotopic (exact) mass is 448 g/mol. The number of phenolic OH excluding ortho intramolecular Hbond substituents is 2. The van der Waals surface area contributed by atoms with Crippen molar-refractivity contribution in [2.45, 2.75) is 37.5 Å². The van der Waals surface area contributed by atoms with E-state index in [1.54, 1.807) is 12.1 Å². The summed E-state index contributed by atoms with van der Waals surface area (Å²) in [6.45, 7) is 0. The first-order valence-corrected chi connectivity index (χ1v) is 10.1. The van der Waals surface area contributed by atoms with E-state index in [2.05, 4.69) is 31.9 Å². The van der Waals surface area contributed by atoms with Crippen molar-refractivity contribution in [2.24, 2.45) is 11.8 Å². The highest BCUT2D eigenvalue weighted by molar-refractivity contribution is 9.10. The summed E-state index contributed by atoms with van der Waals surface area (Å²) in [5.41, 5.74) is 4.38.